The van der Waals surface area contributed by atoms with Gasteiger partial charge in [-0.3, -0.25) is 0 Å². The van der Waals surface area contributed by atoms with Crippen molar-refractivity contribution in [1.29, 1.82) is 0 Å². The van der Waals surface area contributed by atoms with E-state index in [1.54, 1.807) is 11.9 Å². The molecule has 2 rings (SSSR count). The molecule has 2 aromatic rings. The zero-order valence-corrected chi connectivity index (χ0v) is 11.0. The summed E-state index contributed by atoms with van der Waals surface area (Å²) in [6, 6.07) is 10.0. The molecule has 0 heterocycles. The van der Waals surface area contributed by atoms with E-state index in [9.17, 15) is 13.2 Å². The molecule has 0 aliphatic rings. The first-order chi connectivity index (χ1) is 9.54. The largest absolute Gasteiger partial charge is 0.366 e. The predicted molar refractivity (Wildman–Crippen MR) is 73.0 cm³/mol. The molecule has 0 spiro atoms. The maximum absolute atomic E-state index is 13.9. The molecule has 0 amide bonds. The van der Waals surface area contributed by atoms with Crippen LogP contribution in [0.4, 0.5) is 18.9 Å². The van der Waals surface area contributed by atoms with E-state index >= 15 is 0 Å². The molecule has 5 heteroatoms. The zero-order chi connectivity index (χ0) is 14.7. The Labute approximate surface area is 115 Å². The molecule has 0 saturated carbocycles. The third kappa shape index (κ3) is 2.77. The van der Waals surface area contributed by atoms with Crippen LogP contribution in [0.3, 0.4) is 0 Å². The molecular weight excluding hydrogens is 265 g/mol. The first kappa shape index (κ1) is 14.4. The summed E-state index contributed by atoms with van der Waals surface area (Å²) in [5.74, 6) is -3.09. The molecule has 20 heavy (non-hydrogen) atoms. The Kier molecular flexibility index (Phi) is 4.29. The van der Waals surface area contributed by atoms with Gasteiger partial charge in [0.25, 0.3) is 0 Å². The lowest BCUT2D eigenvalue weighted by molar-refractivity contribution is 0.483. The van der Waals surface area contributed by atoms with Crippen LogP contribution < -0.4 is 10.6 Å². The molecule has 0 radical (unpaired) electrons. The smallest absolute Gasteiger partial charge is 0.161 e. The highest BCUT2D eigenvalue weighted by Gasteiger charge is 2.21. The molecule has 0 aromatic heterocycles. The first-order valence-electron chi connectivity index (χ1n) is 6.17. The van der Waals surface area contributed by atoms with Gasteiger partial charge in [-0.15, -0.1) is 0 Å². The van der Waals surface area contributed by atoms with Gasteiger partial charge in [0.1, 0.15) is 5.82 Å². The van der Waals surface area contributed by atoms with Crippen molar-refractivity contribution >= 4 is 5.69 Å². The van der Waals surface area contributed by atoms with Crippen LogP contribution in [0, 0.1) is 17.5 Å². The minimum Gasteiger partial charge on any atom is -0.366 e. The summed E-state index contributed by atoms with van der Waals surface area (Å²) in [4.78, 5) is 1.73. The fraction of sp³-hybridized carbons (Fsp3) is 0.200. The molecule has 0 aliphatic heterocycles. The average molecular weight is 280 g/mol. The van der Waals surface area contributed by atoms with Gasteiger partial charge >= 0.3 is 0 Å². The maximum atomic E-state index is 13.9. The number of nitrogens with zero attached hydrogens (tertiary/aromatic N) is 1. The standard InChI is InChI=1S/C15H15F3N2/c1-20(10-5-3-2-4-6-10)15(9-19)11-7-13(17)14(18)8-12(11)16/h2-8,15H,9,19H2,1H3. The second-order valence-corrected chi connectivity index (χ2v) is 4.49. The molecule has 2 N–H and O–H groups in total. The highest BCUT2D eigenvalue weighted by atomic mass is 19.2. The number of likely N-dealkylation sites (N-methyl/N-ethyl adjacent to an activating group) is 1. The number of benzene rings is 2. The lowest BCUT2D eigenvalue weighted by Gasteiger charge is -2.29. The minimum atomic E-state index is -1.20. The molecule has 0 saturated heterocycles. The summed E-state index contributed by atoms with van der Waals surface area (Å²) in [6.07, 6.45) is 0. The third-order valence-electron chi connectivity index (χ3n) is 3.25. The molecule has 1 unspecified atom stereocenters. The van der Waals surface area contributed by atoms with E-state index in [0.29, 0.717) is 6.07 Å². The van der Waals surface area contributed by atoms with Crippen LogP contribution in [0.15, 0.2) is 42.5 Å². The Balaban J connectivity index is 2.40. The number of halogens is 3. The van der Waals surface area contributed by atoms with Crippen LogP contribution in [-0.2, 0) is 0 Å². The van der Waals surface area contributed by atoms with Crippen LogP contribution in [-0.4, -0.2) is 13.6 Å². The van der Waals surface area contributed by atoms with Crippen LogP contribution in [0.25, 0.3) is 0 Å². The summed E-state index contributed by atoms with van der Waals surface area (Å²) in [7, 11) is 1.73. The zero-order valence-electron chi connectivity index (χ0n) is 11.0. The Morgan fingerprint density at radius 1 is 1.00 bits per heavy atom. The van der Waals surface area contributed by atoms with Crippen LogP contribution in [0.1, 0.15) is 11.6 Å². The molecule has 106 valence electrons. The normalized spacial score (nSPS) is 12.2. The predicted octanol–water partition coefficient (Wildman–Crippen LogP) is 3.24. The molecule has 1 atom stereocenters. The number of rotatable bonds is 4. The fourth-order valence-electron chi connectivity index (χ4n) is 2.13. The molecule has 2 nitrogen and oxygen atoms in total. The van der Waals surface area contributed by atoms with Gasteiger partial charge < -0.3 is 10.6 Å². The molecule has 0 aliphatic carbocycles. The monoisotopic (exact) mass is 280 g/mol. The van der Waals surface area contributed by atoms with Crippen LogP contribution >= 0.6 is 0 Å². The Morgan fingerprint density at radius 2 is 1.60 bits per heavy atom. The van der Waals surface area contributed by atoms with Gasteiger partial charge in [-0.1, -0.05) is 18.2 Å². The van der Waals surface area contributed by atoms with Gasteiger partial charge in [-0.2, -0.15) is 0 Å². The quantitative estimate of drug-likeness (QED) is 0.871. The van der Waals surface area contributed by atoms with Gasteiger partial charge in [-0.05, 0) is 18.2 Å². The van der Waals surface area contributed by atoms with Gasteiger partial charge in [0.15, 0.2) is 11.6 Å². The van der Waals surface area contributed by atoms with Gasteiger partial charge in [0, 0.05) is 30.9 Å². The van der Waals surface area contributed by atoms with E-state index in [0.717, 1.165) is 11.8 Å². The summed E-state index contributed by atoms with van der Waals surface area (Å²) in [5.41, 5.74) is 6.53. The van der Waals surface area contributed by atoms with Gasteiger partial charge in [-0.25, -0.2) is 13.2 Å². The molecule has 0 fully saturated rings. The van der Waals surface area contributed by atoms with E-state index in [1.807, 2.05) is 30.3 Å². The lowest BCUT2D eigenvalue weighted by Crippen LogP contribution is -2.31. The van der Waals surface area contributed by atoms with E-state index < -0.39 is 23.5 Å². The summed E-state index contributed by atoms with van der Waals surface area (Å²) in [5, 5.41) is 0. The minimum absolute atomic E-state index is 0.0396. The van der Waals surface area contributed by atoms with E-state index in [4.69, 9.17) is 5.73 Å². The topological polar surface area (TPSA) is 29.3 Å². The van der Waals surface area contributed by atoms with Crippen molar-refractivity contribution in [2.24, 2.45) is 5.73 Å². The second kappa shape index (κ2) is 5.96. The van der Waals surface area contributed by atoms with Crippen molar-refractivity contribution in [1.82, 2.24) is 0 Å². The van der Waals surface area contributed by atoms with Crippen molar-refractivity contribution in [3.05, 3.63) is 65.5 Å². The number of anilines is 1. The lowest BCUT2D eigenvalue weighted by atomic mass is 10.0. The van der Waals surface area contributed by atoms with E-state index in [-0.39, 0.29) is 12.1 Å². The molecule has 2 aromatic carbocycles. The Hall–Kier alpha value is -2.01. The summed E-state index contributed by atoms with van der Waals surface area (Å²) >= 11 is 0. The first-order valence-corrected chi connectivity index (χ1v) is 6.17. The van der Waals surface area contributed by atoms with Crippen LogP contribution in [0.5, 0.6) is 0 Å². The highest BCUT2D eigenvalue weighted by Crippen LogP contribution is 2.27. The highest BCUT2D eigenvalue weighted by molar-refractivity contribution is 5.48. The number of para-hydroxylation sites is 1. The number of nitrogens with two attached hydrogens (primary N) is 1. The van der Waals surface area contributed by atoms with Crippen molar-refractivity contribution in [3.8, 4) is 0 Å². The second-order valence-electron chi connectivity index (χ2n) is 4.49. The van der Waals surface area contributed by atoms with Crippen LogP contribution in [0.2, 0.25) is 0 Å². The van der Waals surface area contributed by atoms with Crippen molar-refractivity contribution < 1.29 is 13.2 Å². The fourth-order valence-corrected chi connectivity index (χ4v) is 2.13. The maximum Gasteiger partial charge on any atom is 0.161 e. The third-order valence-corrected chi connectivity index (χ3v) is 3.25. The van der Waals surface area contributed by atoms with Gasteiger partial charge in [0.2, 0.25) is 0 Å². The van der Waals surface area contributed by atoms with E-state index in [2.05, 4.69) is 0 Å². The SMILES string of the molecule is CN(c1ccccc1)C(CN)c1cc(F)c(F)cc1F. The van der Waals surface area contributed by atoms with Crippen molar-refractivity contribution in [2.75, 3.05) is 18.5 Å². The van der Waals surface area contributed by atoms with Crippen molar-refractivity contribution in [2.45, 2.75) is 6.04 Å². The number of hydrogen-bond acceptors (Lipinski definition) is 2. The van der Waals surface area contributed by atoms with E-state index in [1.165, 1.54) is 0 Å². The Morgan fingerprint density at radius 3 is 2.20 bits per heavy atom. The molecular formula is C15H15F3N2. The average Bonchev–Trinajstić information content (AvgIpc) is 2.46. The summed E-state index contributed by atoms with van der Waals surface area (Å²) < 4.78 is 40.2. The van der Waals surface area contributed by atoms with Gasteiger partial charge in [0.05, 0.1) is 6.04 Å². The number of hydrogen-bond donors (Lipinski definition) is 1. The Bertz CT molecular complexity index is 587. The summed E-state index contributed by atoms with van der Waals surface area (Å²) in [6.45, 7) is 0.0768. The van der Waals surface area contributed by atoms with Crippen molar-refractivity contribution in [3.63, 3.8) is 0 Å². The molecule has 0 bridgehead atoms.